The zero-order chi connectivity index (χ0) is 76.2. The van der Waals surface area contributed by atoms with Gasteiger partial charge < -0.3 is 33.8 Å². The number of carbonyl (C=O) groups excluding carboxylic acids is 4. The van der Waals surface area contributed by atoms with Crippen molar-refractivity contribution in [2.24, 2.45) is 5.92 Å². The van der Waals surface area contributed by atoms with Crippen LogP contribution in [0.1, 0.15) is 458 Å². The molecule has 17 nitrogen and oxygen atoms in total. The molecule has 3 unspecified atom stereocenters. The zero-order valence-electron chi connectivity index (χ0n) is 68.2. The zero-order valence-corrected chi connectivity index (χ0v) is 70.0. The third-order valence-corrected chi connectivity index (χ3v) is 22.3. The summed E-state index contributed by atoms with van der Waals surface area (Å²) in [7, 11) is -9.93. The van der Waals surface area contributed by atoms with Gasteiger partial charge in [0.25, 0.3) is 0 Å². The second kappa shape index (κ2) is 77.8. The van der Waals surface area contributed by atoms with Crippen molar-refractivity contribution >= 4 is 39.5 Å². The number of esters is 4. The maximum atomic E-state index is 13.1. The Hall–Kier alpha value is -1.94. The average molecular weight is 1520 g/mol. The van der Waals surface area contributed by atoms with Crippen molar-refractivity contribution < 1.29 is 80.2 Å². The van der Waals surface area contributed by atoms with E-state index >= 15 is 0 Å². The predicted molar refractivity (Wildman–Crippen MR) is 428 cm³/mol. The van der Waals surface area contributed by atoms with Crippen molar-refractivity contribution in [3.05, 3.63) is 0 Å². The molecular weight excluding hydrogens is 1350 g/mol. The number of unbranched alkanes of at least 4 members (excludes halogenated alkanes) is 56. The van der Waals surface area contributed by atoms with Crippen LogP contribution in [0, 0.1) is 5.92 Å². The molecule has 0 aliphatic carbocycles. The third kappa shape index (κ3) is 76.8. The SMILES string of the molecule is CCCCCCCCCCCCCCCCCCCCCCC(=O)O[C@H](COC(=O)CCCCCCCCCCCCCCCCCCCCC)COP(=O)(O)OC[C@@H](O)COP(=O)(O)OC[C@@H](COC(=O)CCCCCCCCCCC(C)CC)OC(=O)CCCCCCCCCCCCCCC. The van der Waals surface area contributed by atoms with E-state index in [9.17, 15) is 43.2 Å². The van der Waals surface area contributed by atoms with E-state index in [1.54, 1.807) is 0 Å². The molecule has 0 bridgehead atoms. The van der Waals surface area contributed by atoms with Crippen LogP contribution in [0.5, 0.6) is 0 Å². The summed E-state index contributed by atoms with van der Waals surface area (Å²) >= 11 is 0. The molecule has 0 aromatic carbocycles. The molecule has 0 spiro atoms. The van der Waals surface area contributed by atoms with Gasteiger partial charge in [0.2, 0.25) is 0 Å². The molecule has 104 heavy (non-hydrogen) atoms. The summed E-state index contributed by atoms with van der Waals surface area (Å²) < 4.78 is 68.9. The third-order valence-electron chi connectivity index (χ3n) is 20.4. The van der Waals surface area contributed by atoms with Gasteiger partial charge in [0.05, 0.1) is 26.4 Å². The Morgan fingerprint density at radius 1 is 0.269 bits per heavy atom. The topological polar surface area (TPSA) is 237 Å². The quantitative estimate of drug-likeness (QED) is 0.0222. The van der Waals surface area contributed by atoms with E-state index < -0.39 is 97.5 Å². The van der Waals surface area contributed by atoms with Gasteiger partial charge in [-0.05, 0) is 31.6 Å². The van der Waals surface area contributed by atoms with Gasteiger partial charge >= 0.3 is 39.5 Å². The molecule has 0 aromatic rings. The van der Waals surface area contributed by atoms with Gasteiger partial charge in [0.15, 0.2) is 12.2 Å². The van der Waals surface area contributed by atoms with Crippen LogP contribution >= 0.6 is 15.6 Å². The van der Waals surface area contributed by atoms with E-state index in [1.807, 2.05) is 0 Å². The van der Waals surface area contributed by atoms with Gasteiger partial charge in [0, 0.05) is 25.7 Å². The lowest BCUT2D eigenvalue weighted by Crippen LogP contribution is -2.30. The standard InChI is InChI=1S/C85H166O17P2/c1-6-10-13-16-19-22-25-28-30-32-34-36-38-40-43-46-49-56-61-66-71-85(90)101-80(74-95-82(87)68-63-58-53-47-44-42-39-37-35-33-31-29-26-23-20-17-14-11-7-2)76-99-103(91,92)97-72-79(86)73-98-104(93,94)100-77-81(75-96-83(88)69-64-59-54-51-50-52-57-62-67-78(5)9-4)102-84(89)70-65-60-55-48-45-41-27-24-21-18-15-12-8-3/h78-81,86H,6-77H2,1-5H3,(H,91,92)(H,93,94)/t78?,79-,80-,81-/m1/s1. The van der Waals surface area contributed by atoms with Crippen molar-refractivity contribution in [1.82, 2.24) is 0 Å². The molecule has 0 saturated heterocycles. The minimum atomic E-state index is -4.96. The molecule has 0 radical (unpaired) electrons. The highest BCUT2D eigenvalue weighted by Gasteiger charge is 2.30. The fraction of sp³-hybridized carbons (Fsp3) is 0.953. The Balaban J connectivity index is 5.24. The number of phosphoric ester groups is 2. The molecule has 0 saturated carbocycles. The van der Waals surface area contributed by atoms with Crippen LogP contribution in [0.4, 0.5) is 0 Å². The van der Waals surface area contributed by atoms with Gasteiger partial charge in [-0.2, -0.15) is 0 Å². The lowest BCUT2D eigenvalue weighted by Gasteiger charge is -2.21. The first kappa shape index (κ1) is 102. The first-order valence-corrected chi connectivity index (χ1v) is 47.2. The van der Waals surface area contributed by atoms with Crippen molar-refractivity contribution in [1.29, 1.82) is 0 Å². The molecule has 0 aromatic heterocycles. The second-order valence-electron chi connectivity index (χ2n) is 30.8. The largest absolute Gasteiger partial charge is 0.472 e. The van der Waals surface area contributed by atoms with E-state index in [1.165, 1.54) is 283 Å². The lowest BCUT2D eigenvalue weighted by molar-refractivity contribution is -0.161. The van der Waals surface area contributed by atoms with Gasteiger partial charge in [0.1, 0.15) is 19.3 Å². The van der Waals surface area contributed by atoms with Crippen LogP contribution in [0.2, 0.25) is 0 Å². The summed E-state index contributed by atoms with van der Waals surface area (Å²) in [5.41, 5.74) is 0. The Kier molecular flexibility index (Phi) is 76.3. The molecule has 0 rings (SSSR count). The summed E-state index contributed by atoms with van der Waals surface area (Å²) in [5, 5.41) is 10.7. The fourth-order valence-corrected chi connectivity index (χ4v) is 14.8. The second-order valence-corrected chi connectivity index (χ2v) is 33.7. The lowest BCUT2D eigenvalue weighted by atomic mass is 9.99. The number of aliphatic hydroxyl groups is 1. The summed E-state index contributed by atoms with van der Waals surface area (Å²) in [6, 6.07) is 0. The van der Waals surface area contributed by atoms with E-state index in [2.05, 4.69) is 34.6 Å². The van der Waals surface area contributed by atoms with E-state index in [0.717, 1.165) is 95.8 Å². The molecule has 0 aliphatic rings. The Morgan fingerprint density at radius 2 is 0.462 bits per heavy atom. The summed E-state index contributed by atoms with van der Waals surface area (Å²) in [6.07, 6.45) is 70.8. The molecule has 0 heterocycles. The summed E-state index contributed by atoms with van der Waals surface area (Å²) in [6.45, 7) is 7.36. The van der Waals surface area contributed by atoms with Gasteiger partial charge in [-0.25, -0.2) is 9.13 Å². The number of phosphoric acid groups is 2. The van der Waals surface area contributed by atoms with Gasteiger partial charge in [-0.3, -0.25) is 37.3 Å². The van der Waals surface area contributed by atoms with Crippen LogP contribution in [0.15, 0.2) is 0 Å². The molecule has 0 amide bonds. The normalized spacial score (nSPS) is 14.0. The Labute approximate surface area is 638 Å². The minimum absolute atomic E-state index is 0.108. The highest BCUT2D eigenvalue weighted by atomic mass is 31.2. The van der Waals surface area contributed by atoms with Crippen molar-refractivity contribution in [2.75, 3.05) is 39.6 Å². The van der Waals surface area contributed by atoms with Crippen molar-refractivity contribution in [3.63, 3.8) is 0 Å². The van der Waals surface area contributed by atoms with Crippen LogP contribution in [-0.4, -0.2) is 96.7 Å². The first-order chi connectivity index (χ1) is 50.6. The van der Waals surface area contributed by atoms with Crippen molar-refractivity contribution in [3.8, 4) is 0 Å². The predicted octanol–water partition coefficient (Wildman–Crippen LogP) is 26.0. The van der Waals surface area contributed by atoms with E-state index in [0.29, 0.717) is 25.7 Å². The molecule has 3 N–H and O–H groups in total. The number of ether oxygens (including phenoxy) is 4. The molecule has 618 valence electrons. The van der Waals surface area contributed by atoms with E-state index in [4.69, 9.17) is 37.0 Å². The van der Waals surface area contributed by atoms with Gasteiger partial charge in [-0.1, -0.05) is 407 Å². The Bertz CT molecular complexity index is 1980. The number of aliphatic hydroxyl groups excluding tert-OH is 1. The van der Waals surface area contributed by atoms with Crippen LogP contribution in [-0.2, 0) is 65.4 Å². The molecule has 19 heteroatoms. The van der Waals surface area contributed by atoms with Gasteiger partial charge in [-0.15, -0.1) is 0 Å². The highest BCUT2D eigenvalue weighted by molar-refractivity contribution is 7.47. The molecule has 0 fully saturated rings. The average Bonchev–Trinajstić information content (AvgIpc) is 0.911. The fourth-order valence-electron chi connectivity index (χ4n) is 13.3. The van der Waals surface area contributed by atoms with Crippen LogP contribution < -0.4 is 0 Å². The number of rotatable bonds is 85. The molecular formula is C85H166O17P2. The van der Waals surface area contributed by atoms with Crippen LogP contribution in [0.25, 0.3) is 0 Å². The minimum Gasteiger partial charge on any atom is -0.462 e. The first-order valence-electron chi connectivity index (χ1n) is 44.2. The maximum Gasteiger partial charge on any atom is 0.472 e. The number of carbonyl (C=O) groups is 4. The number of hydrogen-bond donors (Lipinski definition) is 3. The summed E-state index contributed by atoms with van der Waals surface area (Å²) in [4.78, 5) is 73.2. The molecule has 6 atom stereocenters. The maximum absolute atomic E-state index is 13.1. The Morgan fingerprint density at radius 3 is 0.683 bits per heavy atom. The van der Waals surface area contributed by atoms with E-state index in [-0.39, 0.29) is 25.7 Å². The smallest absolute Gasteiger partial charge is 0.462 e. The number of hydrogen-bond acceptors (Lipinski definition) is 15. The highest BCUT2D eigenvalue weighted by Crippen LogP contribution is 2.45. The monoisotopic (exact) mass is 1520 g/mol. The molecule has 0 aliphatic heterocycles. The summed E-state index contributed by atoms with van der Waals surface area (Å²) in [5.74, 6) is -1.32. The van der Waals surface area contributed by atoms with Crippen LogP contribution in [0.3, 0.4) is 0 Å². The van der Waals surface area contributed by atoms with Crippen molar-refractivity contribution in [2.45, 2.75) is 477 Å².